The van der Waals surface area contributed by atoms with Gasteiger partial charge in [0.05, 0.1) is 0 Å². The van der Waals surface area contributed by atoms with E-state index in [0.717, 1.165) is 14.8 Å². The Morgan fingerprint density at radius 3 is 2.33 bits per heavy atom. The monoisotopic (exact) mass is 252 g/mol. The first-order chi connectivity index (χ1) is 7.24. The Kier molecular flexibility index (Phi) is 3.62. The highest BCUT2D eigenvalue weighted by Crippen LogP contribution is 2.29. The number of benzene rings is 2. The lowest BCUT2D eigenvalue weighted by Gasteiger charge is -2.02. The number of halogens is 1. The van der Waals surface area contributed by atoms with Crippen LogP contribution in [-0.2, 0) is 0 Å². The highest BCUT2D eigenvalue weighted by molar-refractivity contribution is 7.99. The van der Waals surface area contributed by atoms with Crippen LogP contribution in [-0.4, -0.2) is 0 Å². The molecule has 76 valence electrons. The van der Waals surface area contributed by atoms with Crippen molar-refractivity contribution >= 4 is 36.0 Å². The lowest BCUT2D eigenvalue weighted by Crippen LogP contribution is -1.73. The van der Waals surface area contributed by atoms with E-state index in [2.05, 4.69) is 12.6 Å². The molecule has 15 heavy (non-hydrogen) atoms. The van der Waals surface area contributed by atoms with Crippen LogP contribution in [0.25, 0.3) is 0 Å². The number of hydrogen-bond donors (Lipinski definition) is 1. The first-order valence-electron chi connectivity index (χ1n) is 4.46. The summed E-state index contributed by atoms with van der Waals surface area (Å²) in [5, 5.41) is 0.769. The summed E-state index contributed by atoms with van der Waals surface area (Å²) in [4.78, 5) is 3.31. The molecule has 0 nitrogen and oxygen atoms in total. The van der Waals surface area contributed by atoms with Crippen molar-refractivity contribution in [3.63, 3.8) is 0 Å². The predicted octanol–water partition coefficient (Wildman–Crippen LogP) is 4.78. The molecule has 0 aliphatic heterocycles. The Labute approximate surface area is 104 Å². The second-order valence-electron chi connectivity index (χ2n) is 3.05. The molecule has 3 heteroatoms. The van der Waals surface area contributed by atoms with Gasteiger partial charge in [0, 0.05) is 19.7 Å². The van der Waals surface area contributed by atoms with Crippen molar-refractivity contribution in [3.8, 4) is 0 Å². The fourth-order valence-corrected chi connectivity index (χ4v) is 2.46. The van der Waals surface area contributed by atoms with Gasteiger partial charge in [0.15, 0.2) is 0 Å². The van der Waals surface area contributed by atoms with Gasteiger partial charge in [-0.1, -0.05) is 29.4 Å². The lowest BCUT2D eigenvalue weighted by molar-refractivity contribution is 1.35. The third-order valence-electron chi connectivity index (χ3n) is 1.87. The highest BCUT2D eigenvalue weighted by Gasteiger charge is 1.97. The van der Waals surface area contributed by atoms with E-state index in [4.69, 9.17) is 11.6 Å². The van der Waals surface area contributed by atoms with Crippen LogP contribution in [0.4, 0.5) is 0 Å². The molecule has 0 aliphatic carbocycles. The number of rotatable bonds is 2. The molecule has 0 radical (unpaired) electrons. The van der Waals surface area contributed by atoms with Crippen molar-refractivity contribution < 1.29 is 0 Å². The second-order valence-corrected chi connectivity index (χ2v) is 5.15. The first kappa shape index (κ1) is 10.9. The van der Waals surface area contributed by atoms with Crippen molar-refractivity contribution in [1.29, 1.82) is 0 Å². The Balaban J connectivity index is 2.18. The summed E-state index contributed by atoms with van der Waals surface area (Å²) in [5.74, 6) is 0. The van der Waals surface area contributed by atoms with Crippen molar-refractivity contribution in [2.24, 2.45) is 0 Å². The molecule has 0 unspecified atom stereocenters. The fraction of sp³-hybridized carbons (Fsp3) is 0. The zero-order valence-corrected chi connectivity index (χ0v) is 10.3. The summed E-state index contributed by atoms with van der Waals surface area (Å²) in [6, 6.07) is 15.9. The fourth-order valence-electron chi connectivity index (χ4n) is 1.18. The van der Waals surface area contributed by atoms with Crippen molar-refractivity contribution in [1.82, 2.24) is 0 Å². The topological polar surface area (TPSA) is 0 Å². The van der Waals surface area contributed by atoms with Gasteiger partial charge in [-0.2, -0.15) is 0 Å². The van der Waals surface area contributed by atoms with Crippen LogP contribution in [0.2, 0.25) is 5.02 Å². The second kappa shape index (κ2) is 4.97. The Morgan fingerprint density at radius 2 is 1.67 bits per heavy atom. The predicted molar refractivity (Wildman–Crippen MR) is 69.3 cm³/mol. The zero-order valence-electron chi connectivity index (χ0n) is 7.85. The van der Waals surface area contributed by atoms with E-state index in [-0.39, 0.29) is 0 Å². The zero-order chi connectivity index (χ0) is 10.7. The number of thiol groups is 1. The summed E-state index contributed by atoms with van der Waals surface area (Å²) >= 11 is 11.8. The maximum Gasteiger partial charge on any atom is 0.0417 e. The van der Waals surface area contributed by atoms with Gasteiger partial charge in [0.2, 0.25) is 0 Å². The van der Waals surface area contributed by atoms with Gasteiger partial charge in [-0.15, -0.1) is 12.6 Å². The van der Waals surface area contributed by atoms with Crippen LogP contribution in [0.3, 0.4) is 0 Å². The smallest absolute Gasteiger partial charge is 0.0417 e. The van der Waals surface area contributed by atoms with Crippen LogP contribution >= 0.6 is 36.0 Å². The van der Waals surface area contributed by atoms with E-state index in [1.165, 1.54) is 4.90 Å². The van der Waals surface area contributed by atoms with Gasteiger partial charge in [-0.05, 0) is 42.5 Å². The molecule has 0 heterocycles. The van der Waals surface area contributed by atoms with Crippen molar-refractivity contribution in [2.75, 3.05) is 0 Å². The van der Waals surface area contributed by atoms with Gasteiger partial charge >= 0.3 is 0 Å². The minimum Gasteiger partial charge on any atom is -0.143 e. The molecule has 0 atom stereocenters. The summed E-state index contributed by atoms with van der Waals surface area (Å²) < 4.78 is 0. The molecule has 0 saturated carbocycles. The molecule has 2 aromatic carbocycles. The third kappa shape index (κ3) is 3.20. The molecule has 0 amide bonds. The van der Waals surface area contributed by atoms with E-state index in [1.807, 2.05) is 48.5 Å². The van der Waals surface area contributed by atoms with E-state index in [0.29, 0.717) is 0 Å². The van der Waals surface area contributed by atoms with Crippen LogP contribution in [0.15, 0.2) is 63.2 Å². The average Bonchev–Trinajstić information content (AvgIpc) is 2.22. The molecule has 0 spiro atoms. The Bertz CT molecular complexity index is 451. The summed E-state index contributed by atoms with van der Waals surface area (Å²) in [7, 11) is 0. The Hall–Kier alpha value is -0.570. The maximum atomic E-state index is 5.91. The molecule has 0 fully saturated rings. The molecule has 2 aromatic rings. The first-order valence-corrected chi connectivity index (χ1v) is 6.11. The molecular weight excluding hydrogens is 244 g/mol. The van der Waals surface area contributed by atoms with Gasteiger partial charge in [0.25, 0.3) is 0 Å². The lowest BCUT2D eigenvalue weighted by atomic mass is 10.4. The van der Waals surface area contributed by atoms with Crippen LogP contribution in [0.1, 0.15) is 0 Å². The molecule has 0 bridgehead atoms. The van der Waals surface area contributed by atoms with Gasteiger partial charge in [0.1, 0.15) is 0 Å². The SMILES string of the molecule is Sc1ccc(Sc2cccc(Cl)c2)cc1. The van der Waals surface area contributed by atoms with E-state index >= 15 is 0 Å². The molecule has 2 rings (SSSR count). The summed E-state index contributed by atoms with van der Waals surface area (Å²) in [6.07, 6.45) is 0. The third-order valence-corrected chi connectivity index (χ3v) is 3.40. The van der Waals surface area contributed by atoms with E-state index in [1.54, 1.807) is 11.8 Å². The van der Waals surface area contributed by atoms with Gasteiger partial charge < -0.3 is 0 Å². The van der Waals surface area contributed by atoms with Crippen LogP contribution < -0.4 is 0 Å². The van der Waals surface area contributed by atoms with Crippen LogP contribution in [0, 0.1) is 0 Å². The molecule has 0 aliphatic rings. The highest BCUT2D eigenvalue weighted by atomic mass is 35.5. The largest absolute Gasteiger partial charge is 0.143 e. The summed E-state index contributed by atoms with van der Waals surface area (Å²) in [5.41, 5.74) is 0. The standard InChI is InChI=1S/C12H9ClS2/c13-9-2-1-3-12(8-9)15-11-6-4-10(14)5-7-11/h1-8,14H. The van der Waals surface area contributed by atoms with Crippen molar-refractivity contribution in [3.05, 3.63) is 53.6 Å². The summed E-state index contributed by atoms with van der Waals surface area (Å²) in [6.45, 7) is 0. The number of hydrogen-bond acceptors (Lipinski definition) is 2. The van der Waals surface area contributed by atoms with E-state index < -0.39 is 0 Å². The van der Waals surface area contributed by atoms with Crippen LogP contribution in [0.5, 0.6) is 0 Å². The minimum atomic E-state index is 0.769. The molecule has 0 N–H and O–H groups in total. The molecular formula is C12H9ClS2. The molecule has 0 saturated heterocycles. The molecule has 0 aromatic heterocycles. The van der Waals surface area contributed by atoms with Gasteiger partial charge in [-0.3, -0.25) is 0 Å². The normalized spacial score (nSPS) is 10.3. The van der Waals surface area contributed by atoms with Crippen molar-refractivity contribution in [2.45, 2.75) is 14.7 Å². The Morgan fingerprint density at radius 1 is 0.933 bits per heavy atom. The van der Waals surface area contributed by atoms with E-state index in [9.17, 15) is 0 Å². The van der Waals surface area contributed by atoms with Gasteiger partial charge in [-0.25, -0.2) is 0 Å². The minimum absolute atomic E-state index is 0.769. The maximum absolute atomic E-state index is 5.91. The average molecular weight is 253 g/mol. The quantitative estimate of drug-likeness (QED) is 0.751.